The lowest BCUT2D eigenvalue weighted by atomic mass is 9.45. The lowest BCUT2D eigenvalue weighted by Gasteiger charge is -2.59. The molecule has 2 nitrogen and oxygen atoms in total. The van der Waals surface area contributed by atoms with Gasteiger partial charge in [-0.1, -0.05) is 32.4 Å². The van der Waals surface area contributed by atoms with Crippen LogP contribution in [0.15, 0.2) is 23.8 Å². The normalized spacial score (nSPS) is 49.9. The van der Waals surface area contributed by atoms with Crippen LogP contribution in [0.25, 0.3) is 0 Å². The second-order valence-electron chi connectivity index (χ2n) is 9.44. The van der Waals surface area contributed by atoms with Gasteiger partial charge in [0, 0.05) is 11.3 Å². The van der Waals surface area contributed by atoms with Crippen molar-refractivity contribution in [3.63, 3.8) is 0 Å². The zero-order valence-electron chi connectivity index (χ0n) is 15.5. The van der Waals surface area contributed by atoms with Crippen LogP contribution < -0.4 is 0 Å². The van der Waals surface area contributed by atoms with Crippen molar-refractivity contribution in [2.24, 2.45) is 40.4 Å². The average molecular weight is 326 g/mol. The van der Waals surface area contributed by atoms with Gasteiger partial charge in [-0.15, -0.1) is 0 Å². The monoisotopic (exact) mass is 326 g/mol. The molecule has 4 aliphatic rings. The Bertz CT molecular complexity index is 657. The number of ketones is 2. The number of hydrogen-bond donors (Lipinski definition) is 0. The molecule has 3 saturated carbocycles. The molecule has 3 fully saturated rings. The van der Waals surface area contributed by atoms with E-state index in [2.05, 4.69) is 26.8 Å². The van der Waals surface area contributed by atoms with Crippen LogP contribution in [-0.2, 0) is 9.59 Å². The predicted molar refractivity (Wildman–Crippen MR) is 95.3 cm³/mol. The fourth-order valence-corrected chi connectivity index (χ4v) is 7.22. The Morgan fingerprint density at radius 3 is 2.62 bits per heavy atom. The van der Waals surface area contributed by atoms with Gasteiger partial charge in [0.2, 0.25) is 0 Å². The molecular weight excluding hydrogens is 296 g/mol. The van der Waals surface area contributed by atoms with Gasteiger partial charge in [-0.05, 0) is 80.3 Å². The smallest absolute Gasteiger partial charge is 0.178 e. The maximum absolute atomic E-state index is 12.2. The van der Waals surface area contributed by atoms with Crippen molar-refractivity contribution in [2.45, 2.75) is 59.8 Å². The Kier molecular flexibility index (Phi) is 3.50. The minimum atomic E-state index is 0.0563. The van der Waals surface area contributed by atoms with Crippen LogP contribution in [0.2, 0.25) is 0 Å². The third kappa shape index (κ3) is 2.01. The molecule has 0 aromatic carbocycles. The average Bonchev–Trinajstić information content (AvgIpc) is 2.86. The van der Waals surface area contributed by atoms with Crippen molar-refractivity contribution < 1.29 is 9.59 Å². The van der Waals surface area contributed by atoms with Crippen LogP contribution in [0.3, 0.4) is 0 Å². The molecule has 0 amide bonds. The topological polar surface area (TPSA) is 34.1 Å². The van der Waals surface area contributed by atoms with E-state index in [1.165, 1.54) is 24.8 Å². The van der Waals surface area contributed by atoms with Crippen LogP contribution in [0, 0.1) is 40.4 Å². The van der Waals surface area contributed by atoms with Gasteiger partial charge in [-0.2, -0.15) is 0 Å². The van der Waals surface area contributed by atoms with Gasteiger partial charge in [-0.25, -0.2) is 0 Å². The van der Waals surface area contributed by atoms with Crippen LogP contribution in [0.5, 0.6) is 0 Å². The van der Waals surface area contributed by atoms with Gasteiger partial charge in [-0.3, -0.25) is 9.59 Å². The highest BCUT2D eigenvalue weighted by Gasteiger charge is 2.60. The van der Waals surface area contributed by atoms with Gasteiger partial charge in [0.05, 0.1) is 0 Å². The Balaban J connectivity index is 1.73. The molecule has 0 saturated heterocycles. The molecule has 0 aliphatic heterocycles. The van der Waals surface area contributed by atoms with Gasteiger partial charge < -0.3 is 0 Å². The molecule has 0 bridgehead atoms. The summed E-state index contributed by atoms with van der Waals surface area (Å²) >= 11 is 0. The summed E-state index contributed by atoms with van der Waals surface area (Å²) in [5, 5.41) is 0. The summed E-state index contributed by atoms with van der Waals surface area (Å²) in [6, 6.07) is 0. The van der Waals surface area contributed by atoms with Gasteiger partial charge >= 0.3 is 0 Å². The summed E-state index contributed by atoms with van der Waals surface area (Å²) in [6.07, 6.45) is 11.6. The first-order chi connectivity index (χ1) is 11.3. The molecule has 2 heteroatoms. The fourth-order valence-electron chi connectivity index (χ4n) is 7.22. The van der Waals surface area contributed by atoms with E-state index in [9.17, 15) is 9.59 Å². The van der Waals surface area contributed by atoms with E-state index in [1.54, 1.807) is 13.0 Å². The standard InChI is InChI=1S/C22H30O2/c1-13-11-15-12-16(24)7-9-21(15,3)19-8-10-22(4)17(14(2)23)5-6-18(22)20(13)19/h7,9,12-13,17-20H,5-6,8,10-11H2,1-4H3/t13?,17-,18+,19+,20+,21+,22-/m1/s1. The van der Waals surface area contributed by atoms with Crippen molar-refractivity contribution in [2.75, 3.05) is 0 Å². The minimum absolute atomic E-state index is 0.0563. The number of hydrogen-bond acceptors (Lipinski definition) is 2. The van der Waals surface area contributed by atoms with E-state index in [4.69, 9.17) is 0 Å². The summed E-state index contributed by atoms with van der Waals surface area (Å²) in [5.74, 6) is 3.43. The molecule has 0 heterocycles. The molecule has 0 aromatic rings. The maximum Gasteiger partial charge on any atom is 0.178 e. The molecule has 0 radical (unpaired) electrons. The van der Waals surface area contributed by atoms with E-state index < -0.39 is 0 Å². The number of Topliss-reactive ketones (excluding diaryl/α,β-unsaturated/α-hetero) is 1. The van der Waals surface area contributed by atoms with Crippen molar-refractivity contribution in [3.05, 3.63) is 23.8 Å². The van der Waals surface area contributed by atoms with Crippen LogP contribution in [-0.4, -0.2) is 11.6 Å². The minimum Gasteiger partial charge on any atom is -0.300 e. The summed E-state index contributed by atoms with van der Waals surface area (Å²) in [4.78, 5) is 24.1. The summed E-state index contributed by atoms with van der Waals surface area (Å²) < 4.78 is 0. The van der Waals surface area contributed by atoms with Crippen LogP contribution in [0.1, 0.15) is 59.8 Å². The van der Waals surface area contributed by atoms with Crippen molar-refractivity contribution >= 4 is 11.6 Å². The highest BCUT2D eigenvalue weighted by molar-refractivity contribution is 6.01. The van der Waals surface area contributed by atoms with E-state index in [0.29, 0.717) is 29.5 Å². The molecule has 4 rings (SSSR count). The van der Waals surface area contributed by atoms with Gasteiger partial charge in [0.1, 0.15) is 5.78 Å². The number of carbonyl (C=O) groups excluding carboxylic acids is 2. The fraction of sp³-hybridized carbons (Fsp3) is 0.727. The molecule has 1 unspecified atom stereocenters. The molecule has 0 N–H and O–H groups in total. The SMILES string of the molecule is CC(=O)[C@H]1CC[C@H]2[C@@H]3C(C)CC4=CC(=O)C=C[C@]4(C)[C@H]3CC[C@]12C. The molecule has 0 spiro atoms. The quantitative estimate of drug-likeness (QED) is 0.697. The lowest BCUT2D eigenvalue weighted by Crippen LogP contribution is -2.52. The zero-order chi connectivity index (χ0) is 17.3. The highest BCUT2D eigenvalue weighted by atomic mass is 16.1. The predicted octanol–water partition coefficient (Wildman–Crippen LogP) is 4.75. The zero-order valence-corrected chi connectivity index (χ0v) is 15.5. The van der Waals surface area contributed by atoms with Crippen molar-refractivity contribution in [3.8, 4) is 0 Å². The second-order valence-corrected chi connectivity index (χ2v) is 9.44. The molecular formula is C22H30O2. The van der Waals surface area contributed by atoms with Crippen molar-refractivity contribution in [1.82, 2.24) is 0 Å². The first kappa shape index (κ1) is 16.3. The first-order valence-corrected chi connectivity index (χ1v) is 9.72. The first-order valence-electron chi connectivity index (χ1n) is 9.72. The molecule has 0 aromatic heterocycles. The maximum atomic E-state index is 12.2. The second kappa shape index (κ2) is 5.16. The Morgan fingerprint density at radius 1 is 1.17 bits per heavy atom. The Hall–Kier alpha value is -1.18. The number of allylic oxidation sites excluding steroid dienone is 4. The van der Waals surface area contributed by atoms with Crippen LogP contribution in [0.4, 0.5) is 0 Å². The van der Waals surface area contributed by atoms with Gasteiger partial charge in [0.25, 0.3) is 0 Å². The third-order valence-electron chi connectivity index (χ3n) is 8.39. The van der Waals surface area contributed by atoms with Crippen molar-refractivity contribution in [1.29, 1.82) is 0 Å². The Labute approximate surface area is 145 Å². The lowest BCUT2D eigenvalue weighted by molar-refractivity contribution is -0.128. The number of rotatable bonds is 1. The van der Waals surface area contributed by atoms with E-state index in [1.807, 2.05) is 6.08 Å². The number of fused-ring (bicyclic) bond motifs is 5. The summed E-state index contributed by atoms with van der Waals surface area (Å²) in [6.45, 7) is 8.93. The van der Waals surface area contributed by atoms with E-state index >= 15 is 0 Å². The third-order valence-corrected chi connectivity index (χ3v) is 8.39. The van der Waals surface area contributed by atoms with E-state index in [-0.39, 0.29) is 22.5 Å². The molecule has 4 aliphatic carbocycles. The largest absolute Gasteiger partial charge is 0.300 e. The van der Waals surface area contributed by atoms with Crippen LogP contribution >= 0.6 is 0 Å². The molecule has 130 valence electrons. The molecule has 7 atom stereocenters. The van der Waals surface area contributed by atoms with E-state index in [0.717, 1.165) is 12.8 Å². The Morgan fingerprint density at radius 2 is 1.92 bits per heavy atom. The summed E-state index contributed by atoms with van der Waals surface area (Å²) in [7, 11) is 0. The highest BCUT2D eigenvalue weighted by Crippen LogP contribution is 2.67. The molecule has 24 heavy (non-hydrogen) atoms. The van der Waals surface area contributed by atoms with Gasteiger partial charge in [0.15, 0.2) is 5.78 Å². The number of carbonyl (C=O) groups is 2. The summed E-state index contributed by atoms with van der Waals surface area (Å²) in [5.41, 5.74) is 1.61.